The molecule has 0 saturated carbocycles. The summed E-state index contributed by atoms with van der Waals surface area (Å²) in [6, 6.07) is 9.40. The van der Waals surface area contributed by atoms with E-state index >= 15 is 0 Å². The minimum Gasteiger partial charge on any atom is -0.399 e. The summed E-state index contributed by atoms with van der Waals surface area (Å²) in [5, 5.41) is 7.15. The van der Waals surface area contributed by atoms with Crippen LogP contribution in [-0.2, 0) is 5.41 Å². The van der Waals surface area contributed by atoms with Gasteiger partial charge in [-0.1, -0.05) is 25.9 Å². The van der Waals surface area contributed by atoms with Gasteiger partial charge >= 0.3 is 0 Å². The molecular weight excluding hydrogens is 214 g/mol. The molecule has 1 heterocycles. The van der Waals surface area contributed by atoms with Crippen LogP contribution in [0.1, 0.15) is 26.5 Å². The van der Waals surface area contributed by atoms with E-state index in [1.807, 2.05) is 30.3 Å². The van der Waals surface area contributed by atoms with Crippen molar-refractivity contribution in [3.63, 3.8) is 0 Å². The van der Waals surface area contributed by atoms with Crippen molar-refractivity contribution in [1.29, 1.82) is 0 Å². The lowest BCUT2D eigenvalue weighted by atomic mass is 9.93. The molecule has 0 fully saturated rings. The van der Waals surface area contributed by atoms with Gasteiger partial charge in [0.15, 0.2) is 5.82 Å². The predicted molar refractivity (Wildman–Crippen MR) is 69.3 cm³/mol. The molecule has 4 heteroatoms. The molecule has 4 nitrogen and oxygen atoms in total. The van der Waals surface area contributed by atoms with Crippen LogP contribution in [0.15, 0.2) is 34.9 Å². The maximum absolute atomic E-state index is 5.62. The quantitative estimate of drug-likeness (QED) is 0.778. The van der Waals surface area contributed by atoms with E-state index in [0.29, 0.717) is 5.82 Å². The van der Waals surface area contributed by atoms with Gasteiger partial charge in [-0.25, -0.2) is 0 Å². The second kappa shape index (κ2) is 4.13. The zero-order valence-electron chi connectivity index (χ0n) is 10.3. The van der Waals surface area contributed by atoms with E-state index in [1.54, 1.807) is 0 Å². The smallest absolute Gasteiger partial charge is 0.174 e. The topological polar surface area (TPSA) is 64.1 Å². The van der Waals surface area contributed by atoms with Crippen molar-refractivity contribution in [2.24, 2.45) is 0 Å². The van der Waals surface area contributed by atoms with Gasteiger partial charge in [0.2, 0.25) is 0 Å². The molecule has 0 radical (unpaired) electrons. The van der Waals surface area contributed by atoms with Gasteiger partial charge in [-0.15, -0.1) is 0 Å². The van der Waals surface area contributed by atoms with Gasteiger partial charge in [0.05, 0.1) is 0 Å². The lowest BCUT2D eigenvalue weighted by Crippen LogP contribution is -2.09. The van der Waals surface area contributed by atoms with E-state index < -0.39 is 0 Å². The summed E-state index contributed by atoms with van der Waals surface area (Å²) in [5.41, 5.74) is 7.27. The molecule has 0 amide bonds. The summed E-state index contributed by atoms with van der Waals surface area (Å²) in [5.74, 6) is 1.56. The maximum Gasteiger partial charge on any atom is 0.174 e. The fourth-order valence-corrected chi connectivity index (χ4v) is 1.40. The number of benzene rings is 1. The number of nitrogens with two attached hydrogens (primary N) is 1. The molecule has 0 aliphatic rings. The monoisotopic (exact) mass is 231 g/mol. The lowest BCUT2D eigenvalue weighted by Gasteiger charge is -2.12. The van der Waals surface area contributed by atoms with Gasteiger partial charge in [0.25, 0.3) is 0 Å². The van der Waals surface area contributed by atoms with E-state index in [9.17, 15) is 0 Å². The van der Waals surface area contributed by atoms with Crippen molar-refractivity contribution in [3.05, 3.63) is 36.1 Å². The molecule has 90 valence electrons. The van der Waals surface area contributed by atoms with Gasteiger partial charge in [-0.2, -0.15) is 0 Å². The van der Waals surface area contributed by atoms with Crippen LogP contribution in [-0.4, -0.2) is 5.16 Å². The third-order valence-corrected chi connectivity index (χ3v) is 2.43. The number of nitrogens with zero attached hydrogens (tertiary/aromatic N) is 1. The Hall–Kier alpha value is -1.97. The predicted octanol–water partition coefficient (Wildman–Crippen LogP) is 3.30. The normalized spacial score (nSPS) is 11.5. The number of aromatic nitrogens is 1. The first-order chi connectivity index (χ1) is 7.95. The van der Waals surface area contributed by atoms with Crippen LogP contribution in [0.3, 0.4) is 0 Å². The van der Waals surface area contributed by atoms with Crippen molar-refractivity contribution < 1.29 is 4.52 Å². The van der Waals surface area contributed by atoms with Crippen LogP contribution < -0.4 is 11.1 Å². The van der Waals surface area contributed by atoms with Crippen molar-refractivity contribution >= 4 is 17.2 Å². The molecule has 0 saturated heterocycles. The second-order valence-corrected chi connectivity index (χ2v) is 5.07. The summed E-state index contributed by atoms with van der Waals surface area (Å²) in [6.07, 6.45) is 0. The van der Waals surface area contributed by atoms with Crippen LogP contribution >= 0.6 is 0 Å². The average molecular weight is 231 g/mol. The summed E-state index contributed by atoms with van der Waals surface area (Å²) >= 11 is 0. The Morgan fingerprint density at radius 1 is 1.18 bits per heavy atom. The Morgan fingerprint density at radius 2 is 1.82 bits per heavy atom. The SMILES string of the molecule is CC(C)(C)c1cc(Nc2ccc(N)cc2)no1. The minimum absolute atomic E-state index is 0.0337. The highest BCUT2D eigenvalue weighted by Gasteiger charge is 2.19. The van der Waals surface area contributed by atoms with Gasteiger partial charge < -0.3 is 15.6 Å². The summed E-state index contributed by atoms with van der Waals surface area (Å²) < 4.78 is 5.29. The van der Waals surface area contributed by atoms with Gasteiger partial charge in [-0.3, -0.25) is 0 Å². The van der Waals surface area contributed by atoms with Crippen molar-refractivity contribution in [1.82, 2.24) is 5.16 Å². The van der Waals surface area contributed by atoms with Crippen LogP contribution in [0, 0.1) is 0 Å². The number of hydrogen-bond donors (Lipinski definition) is 2. The maximum atomic E-state index is 5.62. The molecule has 0 aliphatic heterocycles. The minimum atomic E-state index is -0.0337. The molecule has 1 aromatic carbocycles. The highest BCUT2D eigenvalue weighted by Crippen LogP contribution is 2.26. The molecule has 0 bridgehead atoms. The Labute approximate surface area is 101 Å². The molecule has 1 aromatic heterocycles. The van der Waals surface area contributed by atoms with E-state index in [2.05, 4.69) is 31.2 Å². The molecule has 3 N–H and O–H groups in total. The van der Waals surface area contributed by atoms with Gasteiger partial charge in [0.1, 0.15) is 5.76 Å². The first-order valence-corrected chi connectivity index (χ1v) is 5.55. The number of anilines is 3. The molecule has 0 spiro atoms. The fourth-order valence-electron chi connectivity index (χ4n) is 1.40. The molecule has 0 atom stereocenters. The van der Waals surface area contributed by atoms with Gasteiger partial charge in [0, 0.05) is 22.9 Å². The van der Waals surface area contributed by atoms with E-state index in [4.69, 9.17) is 10.3 Å². The van der Waals surface area contributed by atoms with E-state index in [1.165, 1.54) is 0 Å². The van der Waals surface area contributed by atoms with Crippen molar-refractivity contribution in [2.75, 3.05) is 11.1 Å². The number of nitrogen functional groups attached to an aromatic ring is 1. The summed E-state index contributed by atoms with van der Waals surface area (Å²) in [4.78, 5) is 0. The highest BCUT2D eigenvalue weighted by atomic mass is 16.5. The second-order valence-electron chi connectivity index (χ2n) is 5.07. The van der Waals surface area contributed by atoms with Crippen molar-refractivity contribution in [3.8, 4) is 0 Å². The lowest BCUT2D eigenvalue weighted by molar-refractivity contribution is 0.331. The van der Waals surface area contributed by atoms with E-state index in [-0.39, 0.29) is 5.41 Å². The first-order valence-electron chi connectivity index (χ1n) is 5.55. The fraction of sp³-hybridized carbons (Fsp3) is 0.308. The zero-order chi connectivity index (χ0) is 12.5. The third kappa shape index (κ3) is 2.78. The van der Waals surface area contributed by atoms with E-state index in [0.717, 1.165) is 17.1 Å². The Morgan fingerprint density at radius 3 is 2.35 bits per heavy atom. The Kier molecular flexibility index (Phi) is 2.79. The van der Waals surface area contributed by atoms with Gasteiger partial charge in [-0.05, 0) is 24.3 Å². The summed E-state index contributed by atoms with van der Waals surface area (Å²) in [7, 11) is 0. The largest absolute Gasteiger partial charge is 0.399 e. The first kappa shape index (κ1) is 11.5. The molecular formula is C13H17N3O. The highest BCUT2D eigenvalue weighted by molar-refractivity contribution is 5.59. The number of rotatable bonds is 2. The molecule has 2 aromatic rings. The van der Waals surface area contributed by atoms with Crippen LogP contribution in [0.4, 0.5) is 17.2 Å². The zero-order valence-corrected chi connectivity index (χ0v) is 10.3. The van der Waals surface area contributed by atoms with Crippen LogP contribution in [0.25, 0.3) is 0 Å². The van der Waals surface area contributed by atoms with Crippen LogP contribution in [0.5, 0.6) is 0 Å². The standard InChI is InChI=1S/C13H17N3O/c1-13(2,3)11-8-12(16-17-11)15-10-6-4-9(14)5-7-10/h4-8H,14H2,1-3H3,(H,15,16). The number of nitrogens with one attached hydrogen (secondary N) is 1. The molecule has 0 unspecified atom stereocenters. The summed E-state index contributed by atoms with van der Waals surface area (Å²) in [6.45, 7) is 6.25. The van der Waals surface area contributed by atoms with Crippen LogP contribution in [0.2, 0.25) is 0 Å². The molecule has 0 aliphatic carbocycles. The van der Waals surface area contributed by atoms with Crippen molar-refractivity contribution in [2.45, 2.75) is 26.2 Å². The Balaban J connectivity index is 2.14. The Bertz CT molecular complexity index is 494. The molecule has 17 heavy (non-hydrogen) atoms. The third-order valence-electron chi connectivity index (χ3n) is 2.43. The average Bonchev–Trinajstić information content (AvgIpc) is 2.69. The number of hydrogen-bond acceptors (Lipinski definition) is 4. The molecule has 2 rings (SSSR count).